The van der Waals surface area contributed by atoms with Crippen molar-refractivity contribution in [3.8, 4) is 23.0 Å². The third-order valence-corrected chi connectivity index (χ3v) is 4.88. The maximum absolute atomic E-state index is 12.3. The Morgan fingerprint density at radius 2 is 1.72 bits per heavy atom. The van der Waals surface area contributed by atoms with Gasteiger partial charge in [0.25, 0.3) is 11.8 Å². The molecule has 0 aliphatic heterocycles. The summed E-state index contributed by atoms with van der Waals surface area (Å²) in [6.07, 6.45) is 1.49. The van der Waals surface area contributed by atoms with Gasteiger partial charge in [-0.1, -0.05) is 0 Å². The fraction of sp³-hybridized carbons (Fsp3) is 0.318. The lowest BCUT2D eigenvalue weighted by Crippen LogP contribution is -2.34. The maximum atomic E-state index is 12.3. The van der Waals surface area contributed by atoms with Crippen molar-refractivity contribution in [3.05, 3.63) is 45.0 Å². The Labute approximate surface area is 200 Å². The molecule has 2 rings (SSSR count). The molecule has 0 aliphatic carbocycles. The van der Waals surface area contributed by atoms with Crippen LogP contribution in [0, 0.1) is 3.57 Å². The predicted octanol–water partition coefficient (Wildman–Crippen LogP) is 2.99. The largest absolute Gasteiger partial charge is 0.493 e. The Hall–Kier alpha value is -3.02. The average Bonchev–Trinajstić information content (AvgIpc) is 2.79. The average molecular weight is 555 g/mol. The molecule has 0 atom stereocenters. The number of rotatable bonds is 11. The highest BCUT2D eigenvalue weighted by molar-refractivity contribution is 14.1. The van der Waals surface area contributed by atoms with Crippen LogP contribution in [0.1, 0.15) is 29.8 Å². The van der Waals surface area contributed by atoms with Gasteiger partial charge in [-0.25, -0.2) is 5.43 Å². The zero-order chi connectivity index (χ0) is 23.5. The third kappa shape index (κ3) is 7.01. The second kappa shape index (κ2) is 12.7. The first-order chi connectivity index (χ1) is 15.4. The lowest BCUT2D eigenvalue weighted by atomic mass is 10.2. The number of hydrogen-bond donors (Lipinski definition) is 2. The van der Waals surface area contributed by atoms with E-state index >= 15 is 0 Å². The zero-order valence-corrected chi connectivity index (χ0v) is 20.5. The molecular formula is C22H26IN3O6. The van der Waals surface area contributed by atoms with Crippen LogP contribution in [0.4, 0.5) is 0 Å². The van der Waals surface area contributed by atoms with Crippen LogP contribution >= 0.6 is 22.6 Å². The number of carbonyl (C=O) groups excluding carboxylic acids is 2. The van der Waals surface area contributed by atoms with Gasteiger partial charge in [0.2, 0.25) is 0 Å². The van der Waals surface area contributed by atoms with E-state index in [4.69, 9.17) is 18.9 Å². The van der Waals surface area contributed by atoms with Gasteiger partial charge in [0, 0.05) is 5.56 Å². The monoisotopic (exact) mass is 555 g/mol. The molecule has 9 nitrogen and oxygen atoms in total. The minimum Gasteiger partial charge on any atom is -0.493 e. The van der Waals surface area contributed by atoms with Gasteiger partial charge in [0.15, 0.2) is 23.0 Å². The molecule has 0 aromatic heterocycles. The number of nitrogens with zero attached hydrogens (tertiary/aromatic N) is 1. The summed E-state index contributed by atoms with van der Waals surface area (Å²) in [7, 11) is 2.99. The van der Waals surface area contributed by atoms with Gasteiger partial charge in [-0.3, -0.25) is 9.59 Å². The Balaban J connectivity index is 1.94. The summed E-state index contributed by atoms with van der Waals surface area (Å²) in [4.78, 5) is 24.3. The van der Waals surface area contributed by atoms with Gasteiger partial charge in [-0.2, -0.15) is 5.10 Å². The number of amides is 2. The molecule has 2 amide bonds. The van der Waals surface area contributed by atoms with Crippen molar-refractivity contribution in [2.75, 3.05) is 34.0 Å². The van der Waals surface area contributed by atoms with Crippen LogP contribution in [0.5, 0.6) is 23.0 Å². The summed E-state index contributed by atoms with van der Waals surface area (Å²) < 4.78 is 22.5. The first kappa shape index (κ1) is 25.2. The minimum atomic E-state index is -0.472. The molecule has 0 unspecified atom stereocenters. The van der Waals surface area contributed by atoms with Crippen LogP contribution in [0.25, 0.3) is 0 Å². The first-order valence-corrected chi connectivity index (χ1v) is 10.9. The molecule has 2 aromatic carbocycles. The Morgan fingerprint density at radius 1 is 1.00 bits per heavy atom. The van der Waals surface area contributed by atoms with Gasteiger partial charge < -0.3 is 24.3 Å². The van der Waals surface area contributed by atoms with Gasteiger partial charge in [-0.05, 0) is 72.3 Å². The van der Waals surface area contributed by atoms with E-state index in [1.54, 1.807) is 18.2 Å². The molecule has 0 fully saturated rings. The summed E-state index contributed by atoms with van der Waals surface area (Å²) in [5.41, 5.74) is 3.46. The number of halogens is 1. The molecule has 10 heteroatoms. The van der Waals surface area contributed by atoms with Crippen molar-refractivity contribution in [2.24, 2.45) is 5.10 Å². The molecule has 0 spiro atoms. The molecule has 0 saturated carbocycles. The molecule has 2 N–H and O–H groups in total. The lowest BCUT2D eigenvalue weighted by molar-refractivity contribution is -0.120. The fourth-order valence-electron chi connectivity index (χ4n) is 2.67. The van der Waals surface area contributed by atoms with Crippen molar-refractivity contribution < 1.29 is 28.5 Å². The van der Waals surface area contributed by atoms with Crippen LogP contribution in [-0.4, -0.2) is 52.0 Å². The number of carbonyl (C=O) groups is 2. The summed E-state index contributed by atoms with van der Waals surface area (Å²) in [5, 5.41) is 6.48. The van der Waals surface area contributed by atoms with Crippen LogP contribution in [0.2, 0.25) is 0 Å². The van der Waals surface area contributed by atoms with Gasteiger partial charge in [0.05, 0.1) is 43.8 Å². The topological polar surface area (TPSA) is 107 Å². The van der Waals surface area contributed by atoms with E-state index < -0.39 is 11.8 Å². The summed E-state index contributed by atoms with van der Waals surface area (Å²) in [6.45, 7) is 4.57. The smallest absolute Gasteiger partial charge is 0.259 e. The van der Waals surface area contributed by atoms with E-state index in [1.807, 2.05) is 19.9 Å². The second-order valence-electron chi connectivity index (χ2n) is 6.24. The molecule has 0 aliphatic rings. The fourth-order valence-corrected chi connectivity index (χ4v) is 3.45. The lowest BCUT2D eigenvalue weighted by Gasteiger charge is -2.13. The van der Waals surface area contributed by atoms with Gasteiger partial charge in [0.1, 0.15) is 0 Å². The van der Waals surface area contributed by atoms with E-state index in [0.717, 1.165) is 9.13 Å². The maximum Gasteiger partial charge on any atom is 0.259 e. The second-order valence-corrected chi connectivity index (χ2v) is 7.40. The van der Waals surface area contributed by atoms with Crippen LogP contribution < -0.4 is 29.7 Å². The van der Waals surface area contributed by atoms with E-state index in [0.29, 0.717) is 41.8 Å². The minimum absolute atomic E-state index is 0.241. The summed E-state index contributed by atoms with van der Waals surface area (Å²) in [5.74, 6) is 1.32. The zero-order valence-electron chi connectivity index (χ0n) is 18.4. The first-order valence-electron chi connectivity index (χ1n) is 9.84. The van der Waals surface area contributed by atoms with Crippen molar-refractivity contribution in [2.45, 2.75) is 13.8 Å². The number of ether oxygens (including phenoxy) is 4. The molecule has 0 bridgehead atoms. The molecule has 2 aromatic rings. The van der Waals surface area contributed by atoms with Crippen molar-refractivity contribution in [3.63, 3.8) is 0 Å². The summed E-state index contributed by atoms with van der Waals surface area (Å²) in [6, 6.07) is 8.38. The van der Waals surface area contributed by atoms with Crippen LogP contribution in [-0.2, 0) is 4.79 Å². The van der Waals surface area contributed by atoms with E-state index in [2.05, 4.69) is 38.4 Å². The van der Waals surface area contributed by atoms with E-state index in [-0.39, 0.29) is 6.54 Å². The number of nitrogens with one attached hydrogen (secondary N) is 2. The Morgan fingerprint density at radius 3 is 2.38 bits per heavy atom. The van der Waals surface area contributed by atoms with Gasteiger partial charge in [-0.15, -0.1) is 0 Å². The summed E-state index contributed by atoms with van der Waals surface area (Å²) >= 11 is 2.16. The SMILES string of the molecule is CCOc1cc(/C=N/NC(=O)CNC(=O)c2ccc(OC)c(OC)c2)cc(I)c1OCC. The molecule has 0 heterocycles. The highest BCUT2D eigenvalue weighted by Crippen LogP contribution is 2.33. The predicted molar refractivity (Wildman–Crippen MR) is 129 cm³/mol. The Kier molecular flexibility index (Phi) is 10.1. The van der Waals surface area contributed by atoms with E-state index in [9.17, 15) is 9.59 Å². The molecule has 172 valence electrons. The molecule has 0 radical (unpaired) electrons. The van der Waals surface area contributed by atoms with Crippen molar-refractivity contribution in [1.29, 1.82) is 0 Å². The van der Waals surface area contributed by atoms with Crippen molar-refractivity contribution >= 4 is 40.6 Å². The number of benzene rings is 2. The Bertz CT molecular complexity index is 980. The highest BCUT2D eigenvalue weighted by Gasteiger charge is 2.13. The highest BCUT2D eigenvalue weighted by atomic mass is 127. The molecule has 0 saturated heterocycles. The molecular weight excluding hydrogens is 529 g/mol. The quantitative estimate of drug-likeness (QED) is 0.251. The number of methoxy groups -OCH3 is 2. The number of hydrazone groups is 1. The van der Waals surface area contributed by atoms with Crippen molar-refractivity contribution in [1.82, 2.24) is 10.7 Å². The van der Waals surface area contributed by atoms with E-state index in [1.165, 1.54) is 26.5 Å². The normalized spacial score (nSPS) is 10.5. The van der Waals surface area contributed by atoms with Gasteiger partial charge >= 0.3 is 0 Å². The standard InChI is InChI=1S/C22H26IN3O6/c1-5-31-19-10-14(9-16(23)21(19)32-6-2)12-25-26-20(27)13-24-22(28)15-7-8-17(29-3)18(11-15)30-4/h7-12H,5-6,13H2,1-4H3,(H,24,28)(H,26,27)/b25-12+. The molecule has 32 heavy (non-hydrogen) atoms. The number of hydrogen-bond acceptors (Lipinski definition) is 7. The van der Waals surface area contributed by atoms with Crippen LogP contribution in [0.15, 0.2) is 35.4 Å². The van der Waals surface area contributed by atoms with Crippen LogP contribution in [0.3, 0.4) is 0 Å². The third-order valence-electron chi connectivity index (χ3n) is 4.08.